The predicted molar refractivity (Wildman–Crippen MR) is 101 cm³/mol. The maximum absolute atomic E-state index is 5.80. The van der Waals surface area contributed by atoms with Crippen molar-refractivity contribution in [3.63, 3.8) is 0 Å². The molecule has 0 saturated heterocycles. The van der Waals surface area contributed by atoms with E-state index in [2.05, 4.69) is 36.2 Å². The number of halogens is 2. The van der Waals surface area contributed by atoms with Crippen molar-refractivity contribution in [3.8, 4) is 11.4 Å². The molecule has 6 heteroatoms. The third-order valence-electron chi connectivity index (χ3n) is 3.47. The van der Waals surface area contributed by atoms with Crippen molar-refractivity contribution >= 4 is 33.3 Å². The molecule has 0 fully saturated rings. The number of pyridine rings is 1. The number of aromatic nitrogens is 3. The molecule has 0 atom stereocenters. The first-order chi connectivity index (χ1) is 11.6. The minimum atomic E-state index is 0.511. The zero-order chi connectivity index (χ0) is 16.9. The number of nitrogens with zero attached hydrogens (tertiary/aromatic N) is 3. The highest BCUT2D eigenvalue weighted by Crippen LogP contribution is 2.20. The van der Waals surface area contributed by atoms with Gasteiger partial charge in [0.1, 0.15) is 11.0 Å². The van der Waals surface area contributed by atoms with E-state index in [1.165, 1.54) is 0 Å². The summed E-state index contributed by atoms with van der Waals surface area (Å²) in [7, 11) is 0. The Hall–Kier alpha value is -1.98. The molecular weight excluding hydrogens is 388 g/mol. The molecule has 0 spiro atoms. The number of anilines is 1. The van der Waals surface area contributed by atoms with Crippen molar-refractivity contribution in [1.82, 2.24) is 15.0 Å². The van der Waals surface area contributed by atoms with Crippen molar-refractivity contribution in [2.75, 3.05) is 11.9 Å². The standard InChI is InChI=1S/C18H16BrClN4/c1-12-10-17(21-9-8-13-2-7-16(20)22-11-13)24-18(23-12)14-3-5-15(19)6-4-14/h2-7,10-11H,8-9H2,1H3,(H,21,23,24). The third-order valence-corrected chi connectivity index (χ3v) is 4.22. The molecule has 0 amide bonds. The average molecular weight is 404 g/mol. The molecule has 0 aliphatic carbocycles. The summed E-state index contributed by atoms with van der Waals surface area (Å²) in [5.41, 5.74) is 3.05. The lowest BCUT2D eigenvalue weighted by molar-refractivity contribution is 0.985. The molecule has 0 aliphatic rings. The number of rotatable bonds is 5. The van der Waals surface area contributed by atoms with Crippen LogP contribution in [-0.2, 0) is 6.42 Å². The van der Waals surface area contributed by atoms with Crippen molar-refractivity contribution in [1.29, 1.82) is 0 Å². The van der Waals surface area contributed by atoms with Gasteiger partial charge in [-0.2, -0.15) is 0 Å². The van der Waals surface area contributed by atoms with E-state index in [0.29, 0.717) is 5.15 Å². The molecule has 1 aromatic carbocycles. The van der Waals surface area contributed by atoms with Crippen LogP contribution < -0.4 is 5.32 Å². The fourth-order valence-corrected chi connectivity index (χ4v) is 2.65. The molecule has 0 bridgehead atoms. The van der Waals surface area contributed by atoms with Gasteiger partial charge in [-0.1, -0.05) is 45.7 Å². The van der Waals surface area contributed by atoms with Gasteiger partial charge in [-0.05, 0) is 37.1 Å². The van der Waals surface area contributed by atoms with Gasteiger partial charge in [-0.15, -0.1) is 0 Å². The van der Waals surface area contributed by atoms with E-state index >= 15 is 0 Å². The Balaban J connectivity index is 1.69. The SMILES string of the molecule is Cc1cc(NCCc2ccc(Cl)nc2)nc(-c2ccc(Br)cc2)n1. The summed E-state index contributed by atoms with van der Waals surface area (Å²) in [6.45, 7) is 2.73. The highest BCUT2D eigenvalue weighted by molar-refractivity contribution is 9.10. The molecule has 0 aliphatic heterocycles. The Bertz CT molecular complexity index is 819. The molecule has 0 saturated carbocycles. The average Bonchev–Trinajstić information content (AvgIpc) is 2.57. The van der Waals surface area contributed by atoms with Crippen LogP contribution in [0.2, 0.25) is 5.15 Å². The molecule has 0 unspecified atom stereocenters. The zero-order valence-electron chi connectivity index (χ0n) is 13.1. The lowest BCUT2D eigenvalue weighted by atomic mass is 10.2. The highest BCUT2D eigenvalue weighted by Gasteiger charge is 2.05. The number of benzene rings is 1. The molecule has 0 radical (unpaired) electrons. The third kappa shape index (κ3) is 4.52. The van der Waals surface area contributed by atoms with Gasteiger partial charge in [0.25, 0.3) is 0 Å². The van der Waals surface area contributed by atoms with Crippen molar-refractivity contribution in [2.24, 2.45) is 0 Å². The Morgan fingerprint density at radius 3 is 2.58 bits per heavy atom. The van der Waals surface area contributed by atoms with Gasteiger partial charge in [-0.25, -0.2) is 15.0 Å². The van der Waals surface area contributed by atoms with Crippen LogP contribution in [-0.4, -0.2) is 21.5 Å². The summed E-state index contributed by atoms with van der Waals surface area (Å²) in [6, 6.07) is 13.7. The Labute approximate surface area is 154 Å². The fraction of sp³-hybridized carbons (Fsp3) is 0.167. The topological polar surface area (TPSA) is 50.7 Å². The second kappa shape index (κ2) is 7.73. The Morgan fingerprint density at radius 2 is 1.88 bits per heavy atom. The van der Waals surface area contributed by atoms with E-state index in [0.717, 1.165) is 45.9 Å². The number of hydrogen-bond acceptors (Lipinski definition) is 4. The monoisotopic (exact) mass is 402 g/mol. The lowest BCUT2D eigenvalue weighted by Crippen LogP contribution is -2.08. The number of aryl methyl sites for hydroxylation is 1. The van der Waals surface area contributed by atoms with Crippen LogP contribution >= 0.6 is 27.5 Å². The highest BCUT2D eigenvalue weighted by atomic mass is 79.9. The van der Waals surface area contributed by atoms with Crippen LogP contribution in [0.1, 0.15) is 11.3 Å². The second-order valence-corrected chi connectivity index (χ2v) is 6.69. The lowest BCUT2D eigenvalue weighted by Gasteiger charge is -2.09. The van der Waals surface area contributed by atoms with Crippen LogP contribution in [0.4, 0.5) is 5.82 Å². The van der Waals surface area contributed by atoms with Gasteiger partial charge >= 0.3 is 0 Å². The number of hydrogen-bond donors (Lipinski definition) is 1. The molecule has 3 rings (SSSR count). The van der Waals surface area contributed by atoms with E-state index in [1.54, 1.807) is 12.3 Å². The van der Waals surface area contributed by atoms with Gasteiger partial charge in [0.05, 0.1) is 0 Å². The molecular formula is C18H16BrClN4. The molecule has 4 nitrogen and oxygen atoms in total. The smallest absolute Gasteiger partial charge is 0.161 e. The van der Waals surface area contributed by atoms with Gasteiger partial charge < -0.3 is 5.32 Å². The summed E-state index contributed by atoms with van der Waals surface area (Å²) in [4.78, 5) is 13.2. The summed E-state index contributed by atoms with van der Waals surface area (Å²) in [5, 5.41) is 3.86. The maximum Gasteiger partial charge on any atom is 0.161 e. The second-order valence-electron chi connectivity index (χ2n) is 5.39. The molecule has 24 heavy (non-hydrogen) atoms. The summed E-state index contributed by atoms with van der Waals surface area (Å²) < 4.78 is 1.04. The first kappa shape index (κ1) is 16.9. The van der Waals surface area contributed by atoms with Crippen molar-refractivity contribution in [3.05, 3.63) is 69.5 Å². The minimum Gasteiger partial charge on any atom is -0.370 e. The molecule has 3 aromatic rings. The van der Waals surface area contributed by atoms with Crippen LogP contribution in [0.5, 0.6) is 0 Å². The zero-order valence-corrected chi connectivity index (χ0v) is 15.5. The van der Waals surface area contributed by atoms with E-state index in [-0.39, 0.29) is 0 Å². The van der Waals surface area contributed by atoms with Gasteiger partial charge in [0.15, 0.2) is 5.82 Å². The Morgan fingerprint density at radius 1 is 1.08 bits per heavy atom. The minimum absolute atomic E-state index is 0.511. The van der Waals surface area contributed by atoms with Crippen LogP contribution in [0.25, 0.3) is 11.4 Å². The summed E-state index contributed by atoms with van der Waals surface area (Å²) >= 11 is 9.24. The normalized spacial score (nSPS) is 10.6. The maximum atomic E-state index is 5.80. The van der Waals surface area contributed by atoms with Gasteiger partial charge in [0, 0.05) is 34.5 Å². The molecule has 1 N–H and O–H groups in total. The van der Waals surface area contributed by atoms with Crippen LogP contribution in [0.15, 0.2) is 53.1 Å². The molecule has 122 valence electrons. The van der Waals surface area contributed by atoms with Crippen molar-refractivity contribution in [2.45, 2.75) is 13.3 Å². The fourth-order valence-electron chi connectivity index (χ4n) is 2.28. The van der Waals surface area contributed by atoms with Gasteiger partial charge in [0.2, 0.25) is 0 Å². The summed E-state index contributed by atoms with van der Waals surface area (Å²) in [5.74, 6) is 1.54. The first-order valence-corrected chi connectivity index (χ1v) is 8.73. The van der Waals surface area contributed by atoms with E-state index < -0.39 is 0 Å². The van der Waals surface area contributed by atoms with Gasteiger partial charge in [-0.3, -0.25) is 0 Å². The van der Waals surface area contributed by atoms with Crippen molar-refractivity contribution < 1.29 is 0 Å². The molecule has 2 aromatic heterocycles. The number of nitrogens with one attached hydrogen (secondary N) is 1. The van der Waals surface area contributed by atoms with E-state index in [9.17, 15) is 0 Å². The first-order valence-electron chi connectivity index (χ1n) is 7.56. The Kier molecular flexibility index (Phi) is 5.43. The largest absolute Gasteiger partial charge is 0.370 e. The van der Waals surface area contributed by atoms with E-state index in [4.69, 9.17) is 11.6 Å². The quantitative estimate of drug-likeness (QED) is 0.614. The molecule has 2 heterocycles. The van der Waals surface area contributed by atoms with E-state index in [1.807, 2.05) is 43.3 Å². The van der Waals surface area contributed by atoms with Crippen LogP contribution in [0, 0.1) is 6.92 Å². The predicted octanol–water partition coefficient (Wildman–Crippen LogP) is 4.92. The van der Waals surface area contributed by atoms with Crippen LogP contribution in [0.3, 0.4) is 0 Å². The summed E-state index contributed by atoms with van der Waals surface area (Å²) in [6.07, 6.45) is 2.64.